The van der Waals surface area contributed by atoms with Gasteiger partial charge in [-0.2, -0.15) is 0 Å². The topological polar surface area (TPSA) is 49.3 Å². The molecule has 1 aliphatic carbocycles. The number of hydrogen-bond donors (Lipinski definition) is 2. The highest BCUT2D eigenvalue weighted by atomic mass is 35.5. The Balaban J connectivity index is 1.93. The van der Waals surface area contributed by atoms with E-state index in [4.69, 9.17) is 16.7 Å². The van der Waals surface area contributed by atoms with Crippen molar-refractivity contribution in [2.45, 2.75) is 18.9 Å². The van der Waals surface area contributed by atoms with E-state index in [1.54, 1.807) is 0 Å². The van der Waals surface area contributed by atoms with Gasteiger partial charge in [0.15, 0.2) is 0 Å². The summed E-state index contributed by atoms with van der Waals surface area (Å²) in [6, 6.07) is 13.8. The summed E-state index contributed by atoms with van der Waals surface area (Å²) >= 11 is 6.02. The molecule has 1 unspecified atom stereocenters. The van der Waals surface area contributed by atoms with Crippen LogP contribution in [0.15, 0.2) is 42.5 Å². The Labute approximate surface area is 122 Å². The third kappa shape index (κ3) is 2.49. The van der Waals surface area contributed by atoms with Crippen molar-refractivity contribution < 1.29 is 9.90 Å². The van der Waals surface area contributed by atoms with E-state index < -0.39 is 6.09 Å². The predicted molar refractivity (Wildman–Crippen MR) is 79.1 cm³/mol. The lowest BCUT2D eigenvalue weighted by Crippen LogP contribution is -2.24. The maximum absolute atomic E-state index is 10.8. The van der Waals surface area contributed by atoms with E-state index in [0.29, 0.717) is 5.02 Å². The van der Waals surface area contributed by atoms with Crippen LogP contribution in [0.25, 0.3) is 11.1 Å². The monoisotopic (exact) mass is 287 g/mol. The molecule has 102 valence electrons. The summed E-state index contributed by atoms with van der Waals surface area (Å²) < 4.78 is 0. The minimum Gasteiger partial charge on any atom is -0.465 e. The third-order valence-corrected chi connectivity index (χ3v) is 3.91. The van der Waals surface area contributed by atoms with Gasteiger partial charge >= 0.3 is 6.09 Å². The highest BCUT2D eigenvalue weighted by molar-refractivity contribution is 6.30. The van der Waals surface area contributed by atoms with E-state index >= 15 is 0 Å². The minimum absolute atomic E-state index is 0.0871. The van der Waals surface area contributed by atoms with Gasteiger partial charge in [0.2, 0.25) is 0 Å². The van der Waals surface area contributed by atoms with Crippen molar-refractivity contribution in [2.75, 3.05) is 0 Å². The van der Waals surface area contributed by atoms with Crippen LogP contribution in [0.3, 0.4) is 0 Å². The first-order chi connectivity index (χ1) is 9.63. The zero-order chi connectivity index (χ0) is 14.1. The first kappa shape index (κ1) is 13.0. The Bertz CT molecular complexity index is 669. The van der Waals surface area contributed by atoms with Crippen LogP contribution < -0.4 is 5.32 Å². The summed E-state index contributed by atoms with van der Waals surface area (Å²) in [7, 11) is 0. The fourth-order valence-electron chi connectivity index (χ4n) is 2.76. The number of carboxylic acid groups (broad SMARTS) is 1. The van der Waals surface area contributed by atoms with E-state index in [1.807, 2.05) is 36.4 Å². The number of aryl methyl sites for hydroxylation is 1. The summed E-state index contributed by atoms with van der Waals surface area (Å²) in [4.78, 5) is 10.8. The summed E-state index contributed by atoms with van der Waals surface area (Å²) in [5.41, 5.74) is 4.48. The fraction of sp³-hybridized carbons (Fsp3) is 0.188. The molecule has 1 amide bonds. The Kier molecular flexibility index (Phi) is 3.36. The van der Waals surface area contributed by atoms with Crippen molar-refractivity contribution in [3.63, 3.8) is 0 Å². The van der Waals surface area contributed by atoms with Crippen LogP contribution in [-0.4, -0.2) is 11.2 Å². The van der Waals surface area contributed by atoms with Crippen molar-refractivity contribution in [1.82, 2.24) is 5.32 Å². The van der Waals surface area contributed by atoms with Gasteiger partial charge in [0, 0.05) is 5.02 Å². The lowest BCUT2D eigenvalue weighted by atomic mass is 10.00. The molecule has 1 atom stereocenters. The molecule has 0 radical (unpaired) electrons. The number of rotatable bonds is 2. The third-order valence-electron chi connectivity index (χ3n) is 3.68. The summed E-state index contributed by atoms with van der Waals surface area (Å²) in [5.74, 6) is 0. The second kappa shape index (κ2) is 5.17. The maximum atomic E-state index is 10.8. The molecule has 2 aromatic rings. The number of benzene rings is 2. The van der Waals surface area contributed by atoms with Crippen LogP contribution in [0.1, 0.15) is 23.6 Å². The summed E-state index contributed by atoms with van der Waals surface area (Å²) in [6.45, 7) is 0. The number of carbonyl (C=O) groups is 1. The normalized spacial score (nSPS) is 16.8. The Morgan fingerprint density at radius 1 is 1.20 bits per heavy atom. The van der Waals surface area contributed by atoms with E-state index in [9.17, 15) is 4.79 Å². The van der Waals surface area contributed by atoms with Gasteiger partial charge in [0.25, 0.3) is 0 Å². The molecule has 1 aliphatic rings. The molecule has 3 nitrogen and oxygen atoms in total. The molecule has 0 aromatic heterocycles. The Morgan fingerprint density at radius 3 is 2.75 bits per heavy atom. The summed E-state index contributed by atoms with van der Waals surface area (Å²) in [6.07, 6.45) is 0.747. The van der Waals surface area contributed by atoms with Crippen LogP contribution >= 0.6 is 11.6 Å². The average molecular weight is 288 g/mol. The van der Waals surface area contributed by atoms with E-state index in [-0.39, 0.29) is 6.04 Å². The molecule has 0 saturated heterocycles. The molecular weight excluding hydrogens is 274 g/mol. The number of hydrogen-bond acceptors (Lipinski definition) is 1. The maximum Gasteiger partial charge on any atom is 0.405 e. The predicted octanol–water partition coefficient (Wildman–Crippen LogP) is 4.26. The average Bonchev–Trinajstić information content (AvgIpc) is 2.80. The molecule has 3 rings (SSSR count). The van der Waals surface area contributed by atoms with Gasteiger partial charge in [-0.05, 0) is 47.2 Å². The molecular formula is C16H14ClNO2. The SMILES string of the molecule is O=C(O)NC1CCc2cc(-c3cccc(Cl)c3)ccc21. The largest absolute Gasteiger partial charge is 0.465 e. The van der Waals surface area contributed by atoms with Crippen molar-refractivity contribution in [2.24, 2.45) is 0 Å². The molecule has 20 heavy (non-hydrogen) atoms. The number of halogens is 1. The van der Waals surface area contributed by atoms with Crippen molar-refractivity contribution in [3.8, 4) is 11.1 Å². The zero-order valence-corrected chi connectivity index (χ0v) is 11.5. The van der Waals surface area contributed by atoms with Crippen molar-refractivity contribution in [3.05, 3.63) is 58.6 Å². The zero-order valence-electron chi connectivity index (χ0n) is 10.8. The van der Waals surface area contributed by atoms with E-state index in [1.165, 1.54) is 5.56 Å². The van der Waals surface area contributed by atoms with Gasteiger partial charge in [-0.1, -0.05) is 41.9 Å². The standard InChI is InChI=1S/C16H14ClNO2/c17-13-3-1-2-10(9-13)11-4-6-14-12(8-11)5-7-15(14)18-16(19)20/h1-4,6,8-9,15,18H,5,7H2,(H,19,20). The number of fused-ring (bicyclic) bond motifs is 1. The molecule has 0 heterocycles. The van der Waals surface area contributed by atoms with Gasteiger partial charge < -0.3 is 10.4 Å². The molecule has 0 saturated carbocycles. The highest BCUT2D eigenvalue weighted by Crippen LogP contribution is 2.34. The number of amides is 1. The second-order valence-corrected chi connectivity index (χ2v) is 5.40. The van der Waals surface area contributed by atoms with Gasteiger partial charge in [-0.15, -0.1) is 0 Å². The molecule has 0 fully saturated rings. The van der Waals surface area contributed by atoms with Crippen molar-refractivity contribution >= 4 is 17.7 Å². The van der Waals surface area contributed by atoms with E-state index in [0.717, 1.165) is 29.5 Å². The van der Waals surface area contributed by atoms with Gasteiger partial charge in [0.1, 0.15) is 0 Å². The molecule has 0 bridgehead atoms. The van der Waals surface area contributed by atoms with E-state index in [2.05, 4.69) is 11.4 Å². The lowest BCUT2D eigenvalue weighted by Gasteiger charge is -2.12. The van der Waals surface area contributed by atoms with Gasteiger partial charge in [-0.3, -0.25) is 0 Å². The summed E-state index contributed by atoms with van der Waals surface area (Å²) in [5, 5.41) is 12.1. The second-order valence-electron chi connectivity index (χ2n) is 4.96. The molecule has 0 aliphatic heterocycles. The molecule has 4 heteroatoms. The highest BCUT2D eigenvalue weighted by Gasteiger charge is 2.23. The van der Waals surface area contributed by atoms with Crippen LogP contribution in [-0.2, 0) is 6.42 Å². The molecule has 2 aromatic carbocycles. The fourth-order valence-corrected chi connectivity index (χ4v) is 2.95. The first-order valence-corrected chi connectivity index (χ1v) is 6.89. The lowest BCUT2D eigenvalue weighted by molar-refractivity contribution is 0.190. The molecule has 2 N–H and O–H groups in total. The van der Waals surface area contributed by atoms with Crippen LogP contribution in [0.5, 0.6) is 0 Å². The van der Waals surface area contributed by atoms with Crippen LogP contribution in [0.4, 0.5) is 4.79 Å². The number of nitrogens with one attached hydrogen (secondary N) is 1. The Morgan fingerprint density at radius 2 is 2.00 bits per heavy atom. The van der Waals surface area contributed by atoms with Gasteiger partial charge in [0.05, 0.1) is 6.04 Å². The van der Waals surface area contributed by atoms with Gasteiger partial charge in [-0.25, -0.2) is 4.79 Å². The minimum atomic E-state index is -0.971. The quantitative estimate of drug-likeness (QED) is 0.867. The molecule has 0 spiro atoms. The van der Waals surface area contributed by atoms with Crippen LogP contribution in [0.2, 0.25) is 5.02 Å². The Hall–Kier alpha value is -2.00. The van der Waals surface area contributed by atoms with Crippen LogP contribution in [0, 0.1) is 0 Å². The smallest absolute Gasteiger partial charge is 0.405 e. The first-order valence-electron chi connectivity index (χ1n) is 6.52. The van der Waals surface area contributed by atoms with Crippen molar-refractivity contribution in [1.29, 1.82) is 0 Å².